The van der Waals surface area contributed by atoms with Gasteiger partial charge in [-0.05, 0) is 55.4 Å². The Kier molecular flexibility index (Phi) is 10.7. The molecule has 0 heterocycles. The van der Waals surface area contributed by atoms with Crippen molar-refractivity contribution in [1.29, 1.82) is 0 Å². The first-order chi connectivity index (χ1) is 10.6. The summed E-state index contributed by atoms with van der Waals surface area (Å²) in [5.74, 6) is 1.45. The molecule has 0 spiro atoms. The molecule has 0 radical (unpaired) electrons. The standard InChI is InChI=1S/C17H38N4OS/c1-9-18-16(20-11-13-23(22)17(6,7)8)19-10-12-21(14(2)3)15(4)5/h14-15H,9-13H2,1-8H3,(H2,18,19,20). The van der Waals surface area contributed by atoms with Crippen LogP contribution in [0.15, 0.2) is 4.99 Å². The summed E-state index contributed by atoms with van der Waals surface area (Å²) in [6, 6.07) is 1.05. The molecule has 1 atom stereocenters. The van der Waals surface area contributed by atoms with Crippen LogP contribution in [0.1, 0.15) is 55.4 Å². The molecule has 0 fully saturated rings. The minimum atomic E-state index is -0.837. The molecule has 138 valence electrons. The predicted octanol–water partition coefficient (Wildman–Crippen LogP) is 2.21. The largest absolute Gasteiger partial charge is 0.357 e. The van der Waals surface area contributed by atoms with Gasteiger partial charge in [0.15, 0.2) is 5.96 Å². The lowest BCUT2D eigenvalue weighted by Crippen LogP contribution is -2.42. The third kappa shape index (κ3) is 9.97. The minimum Gasteiger partial charge on any atom is -0.357 e. The SMILES string of the molecule is CCNC(=NCCN(C(C)C)C(C)C)NCCS(=O)C(C)(C)C. The quantitative estimate of drug-likeness (QED) is 0.496. The number of aliphatic imine (C=N–C) groups is 1. The van der Waals surface area contributed by atoms with Crippen molar-refractivity contribution in [1.82, 2.24) is 15.5 Å². The third-order valence-electron chi connectivity index (χ3n) is 3.56. The maximum Gasteiger partial charge on any atom is 0.191 e. The summed E-state index contributed by atoms with van der Waals surface area (Å²) in [6.45, 7) is 20.2. The van der Waals surface area contributed by atoms with Crippen molar-refractivity contribution in [3.63, 3.8) is 0 Å². The van der Waals surface area contributed by atoms with Crippen molar-refractivity contribution in [2.24, 2.45) is 4.99 Å². The minimum absolute atomic E-state index is 0.161. The van der Waals surface area contributed by atoms with Crippen LogP contribution in [0.25, 0.3) is 0 Å². The molecular formula is C17H38N4OS. The van der Waals surface area contributed by atoms with Crippen LogP contribution < -0.4 is 10.6 Å². The predicted molar refractivity (Wildman–Crippen MR) is 104 cm³/mol. The lowest BCUT2D eigenvalue weighted by atomic mass is 10.2. The van der Waals surface area contributed by atoms with Gasteiger partial charge in [-0.15, -0.1) is 0 Å². The van der Waals surface area contributed by atoms with Gasteiger partial charge in [-0.1, -0.05) is 0 Å². The highest BCUT2D eigenvalue weighted by atomic mass is 32.2. The van der Waals surface area contributed by atoms with Crippen LogP contribution in [0.2, 0.25) is 0 Å². The van der Waals surface area contributed by atoms with Gasteiger partial charge in [0, 0.05) is 53.0 Å². The van der Waals surface area contributed by atoms with Crippen LogP contribution in [0.3, 0.4) is 0 Å². The van der Waals surface area contributed by atoms with E-state index in [1.54, 1.807) is 0 Å². The highest BCUT2D eigenvalue weighted by Crippen LogP contribution is 2.10. The monoisotopic (exact) mass is 346 g/mol. The third-order valence-corrected chi connectivity index (χ3v) is 5.50. The number of nitrogens with zero attached hydrogens (tertiary/aromatic N) is 2. The molecule has 5 nitrogen and oxygen atoms in total. The van der Waals surface area contributed by atoms with E-state index in [0.29, 0.717) is 24.4 Å². The van der Waals surface area contributed by atoms with Crippen LogP contribution in [-0.2, 0) is 10.8 Å². The average Bonchev–Trinajstić information content (AvgIpc) is 2.41. The van der Waals surface area contributed by atoms with Crippen molar-refractivity contribution >= 4 is 16.8 Å². The topological polar surface area (TPSA) is 56.7 Å². The van der Waals surface area contributed by atoms with Crippen LogP contribution in [0, 0.1) is 0 Å². The second kappa shape index (κ2) is 11.0. The van der Waals surface area contributed by atoms with Crippen molar-refractivity contribution in [2.75, 3.05) is 31.9 Å². The molecule has 0 saturated carbocycles. The van der Waals surface area contributed by atoms with E-state index in [4.69, 9.17) is 0 Å². The average molecular weight is 347 g/mol. The summed E-state index contributed by atoms with van der Waals surface area (Å²) >= 11 is 0. The van der Waals surface area contributed by atoms with Crippen molar-refractivity contribution in [3.8, 4) is 0 Å². The molecule has 0 aromatic carbocycles. The Balaban J connectivity index is 4.41. The van der Waals surface area contributed by atoms with Gasteiger partial charge < -0.3 is 10.6 Å². The number of nitrogens with one attached hydrogen (secondary N) is 2. The Labute approximate surface area is 146 Å². The molecule has 23 heavy (non-hydrogen) atoms. The fourth-order valence-corrected chi connectivity index (χ4v) is 3.20. The van der Waals surface area contributed by atoms with E-state index in [1.165, 1.54) is 0 Å². The van der Waals surface area contributed by atoms with Crippen LogP contribution in [0.5, 0.6) is 0 Å². The molecule has 0 bridgehead atoms. The first-order valence-electron chi connectivity index (χ1n) is 8.76. The Morgan fingerprint density at radius 3 is 2.13 bits per heavy atom. The van der Waals surface area contributed by atoms with Gasteiger partial charge in [0.05, 0.1) is 6.54 Å². The summed E-state index contributed by atoms with van der Waals surface area (Å²) < 4.78 is 11.9. The maximum atomic E-state index is 12.1. The highest BCUT2D eigenvalue weighted by Gasteiger charge is 2.18. The van der Waals surface area contributed by atoms with Gasteiger partial charge >= 0.3 is 0 Å². The molecule has 2 N–H and O–H groups in total. The zero-order chi connectivity index (χ0) is 18.0. The molecule has 0 aliphatic rings. The fourth-order valence-electron chi connectivity index (χ4n) is 2.30. The normalized spacial score (nSPS) is 14.7. The first-order valence-corrected chi connectivity index (χ1v) is 10.1. The second-order valence-electron chi connectivity index (χ2n) is 7.27. The Hall–Kier alpha value is -0.620. The second-order valence-corrected chi connectivity index (χ2v) is 9.60. The summed E-state index contributed by atoms with van der Waals surface area (Å²) in [5, 5.41) is 6.53. The first kappa shape index (κ1) is 22.4. The molecule has 0 aliphatic carbocycles. The van der Waals surface area contributed by atoms with Crippen LogP contribution in [0.4, 0.5) is 0 Å². The lowest BCUT2D eigenvalue weighted by molar-refractivity contribution is 0.181. The van der Waals surface area contributed by atoms with E-state index in [0.717, 1.165) is 25.6 Å². The zero-order valence-electron chi connectivity index (χ0n) is 16.4. The Bertz CT molecular complexity index is 367. The van der Waals surface area contributed by atoms with E-state index < -0.39 is 10.8 Å². The molecule has 0 aliphatic heterocycles. The molecule has 1 unspecified atom stereocenters. The van der Waals surface area contributed by atoms with Crippen molar-refractivity contribution in [2.45, 2.75) is 72.2 Å². The Morgan fingerprint density at radius 1 is 1.13 bits per heavy atom. The van der Waals surface area contributed by atoms with Crippen molar-refractivity contribution < 1.29 is 4.21 Å². The number of hydrogen-bond acceptors (Lipinski definition) is 3. The Morgan fingerprint density at radius 2 is 1.70 bits per heavy atom. The number of guanidine groups is 1. The number of hydrogen-bond donors (Lipinski definition) is 2. The summed E-state index contributed by atoms with van der Waals surface area (Å²) in [5.41, 5.74) is 0. The van der Waals surface area contributed by atoms with Gasteiger partial charge in [-0.2, -0.15) is 0 Å². The van der Waals surface area contributed by atoms with Gasteiger partial charge in [0.25, 0.3) is 0 Å². The number of rotatable bonds is 9. The van der Waals surface area contributed by atoms with E-state index >= 15 is 0 Å². The van der Waals surface area contributed by atoms with Gasteiger partial charge in [0.2, 0.25) is 0 Å². The molecule has 0 rings (SSSR count). The van der Waals surface area contributed by atoms with Crippen LogP contribution >= 0.6 is 0 Å². The highest BCUT2D eigenvalue weighted by molar-refractivity contribution is 7.86. The molecule has 0 aromatic heterocycles. The molecule has 0 amide bonds. The fraction of sp³-hybridized carbons (Fsp3) is 0.941. The van der Waals surface area contributed by atoms with E-state index in [1.807, 2.05) is 20.8 Å². The van der Waals surface area contributed by atoms with Crippen molar-refractivity contribution in [3.05, 3.63) is 0 Å². The van der Waals surface area contributed by atoms with Crippen LogP contribution in [-0.4, -0.2) is 63.8 Å². The van der Waals surface area contributed by atoms with Gasteiger partial charge in [0.1, 0.15) is 0 Å². The smallest absolute Gasteiger partial charge is 0.191 e. The lowest BCUT2D eigenvalue weighted by Gasteiger charge is -2.29. The van der Waals surface area contributed by atoms with Gasteiger partial charge in [-0.3, -0.25) is 14.1 Å². The zero-order valence-corrected chi connectivity index (χ0v) is 17.2. The maximum absolute atomic E-state index is 12.1. The molecule has 6 heteroatoms. The van der Waals surface area contributed by atoms with E-state index in [2.05, 4.69) is 55.1 Å². The summed E-state index contributed by atoms with van der Waals surface area (Å²) in [6.07, 6.45) is 0. The molecular weight excluding hydrogens is 308 g/mol. The summed E-state index contributed by atoms with van der Waals surface area (Å²) in [4.78, 5) is 7.06. The molecule has 0 aromatic rings. The summed E-state index contributed by atoms with van der Waals surface area (Å²) in [7, 11) is -0.837. The molecule has 0 saturated heterocycles. The van der Waals surface area contributed by atoms with E-state index in [-0.39, 0.29) is 4.75 Å². The van der Waals surface area contributed by atoms with Gasteiger partial charge in [-0.25, -0.2) is 0 Å². The van der Waals surface area contributed by atoms with E-state index in [9.17, 15) is 4.21 Å².